The van der Waals surface area contributed by atoms with E-state index in [-0.39, 0.29) is 25.8 Å². The molecular formula is C23H26N2O6S. The first-order valence-electron chi connectivity index (χ1n) is 10.3. The van der Waals surface area contributed by atoms with E-state index in [1.807, 2.05) is 32.0 Å². The van der Waals surface area contributed by atoms with Crippen molar-refractivity contribution >= 4 is 16.0 Å². The van der Waals surface area contributed by atoms with Crippen molar-refractivity contribution in [3.05, 3.63) is 58.7 Å². The number of ether oxygens (including phenoxy) is 2. The van der Waals surface area contributed by atoms with Crippen LogP contribution in [-0.4, -0.2) is 42.2 Å². The number of carboxylic acid groups (broad SMARTS) is 1. The molecule has 0 spiro atoms. The normalized spacial score (nSPS) is 14.3. The van der Waals surface area contributed by atoms with Crippen molar-refractivity contribution in [2.75, 3.05) is 12.3 Å². The van der Waals surface area contributed by atoms with Crippen molar-refractivity contribution in [3.8, 4) is 17.6 Å². The lowest BCUT2D eigenvalue weighted by molar-refractivity contribution is -0.134. The Morgan fingerprint density at radius 1 is 1.22 bits per heavy atom. The van der Waals surface area contributed by atoms with Gasteiger partial charge in [0.25, 0.3) is 0 Å². The molecule has 0 saturated heterocycles. The Kier molecular flexibility index (Phi) is 7.38. The van der Waals surface area contributed by atoms with Gasteiger partial charge in [-0.1, -0.05) is 12.1 Å². The van der Waals surface area contributed by atoms with Gasteiger partial charge in [0.05, 0.1) is 11.7 Å². The summed E-state index contributed by atoms with van der Waals surface area (Å²) in [6, 6.07) is 13.0. The molecule has 170 valence electrons. The first kappa shape index (κ1) is 23.6. The molecule has 3 rings (SSSR count). The maximum atomic E-state index is 12.3. The molecule has 0 aliphatic carbocycles. The zero-order valence-corrected chi connectivity index (χ0v) is 18.9. The Morgan fingerprint density at radius 2 is 2.00 bits per heavy atom. The van der Waals surface area contributed by atoms with Crippen molar-refractivity contribution in [3.63, 3.8) is 0 Å². The third-order valence-electron chi connectivity index (χ3n) is 5.01. The summed E-state index contributed by atoms with van der Waals surface area (Å²) in [6.45, 7) is 4.50. The van der Waals surface area contributed by atoms with E-state index in [1.165, 1.54) is 4.31 Å². The predicted octanol–water partition coefficient (Wildman–Crippen LogP) is 3.09. The van der Waals surface area contributed by atoms with Crippen LogP contribution in [0.15, 0.2) is 36.4 Å². The molecule has 0 fully saturated rings. The molecule has 1 heterocycles. The molecule has 32 heavy (non-hydrogen) atoms. The largest absolute Gasteiger partial charge is 0.490 e. The lowest BCUT2D eigenvalue weighted by Crippen LogP contribution is -2.35. The highest BCUT2D eigenvalue weighted by Crippen LogP contribution is 2.26. The molecule has 0 aromatic heterocycles. The summed E-state index contributed by atoms with van der Waals surface area (Å²) >= 11 is 0. The van der Waals surface area contributed by atoms with Gasteiger partial charge in [-0.25, -0.2) is 8.42 Å². The number of benzene rings is 2. The van der Waals surface area contributed by atoms with E-state index in [0.717, 1.165) is 16.7 Å². The van der Waals surface area contributed by atoms with Crippen molar-refractivity contribution in [1.82, 2.24) is 4.31 Å². The van der Waals surface area contributed by atoms with Gasteiger partial charge in [-0.3, -0.25) is 4.79 Å². The van der Waals surface area contributed by atoms with Crippen molar-refractivity contribution < 1.29 is 27.8 Å². The van der Waals surface area contributed by atoms with Gasteiger partial charge in [0.2, 0.25) is 10.0 Å². The lowest BCUT2D eigenvalue weighted by atomic mass is 10.0. The van der Waals surface area contributed by atoms with Crippen LogP contribution >= 0.6 is 0 Å². The number of rotatable bonds is 8. The van der Waals surface area contributed by atoms with Crippen LogP contribution in [0.5, 0.6) is 11.5 Å². The summed E-state index contributed by atoms with van der Waals surface area (Å²) in [4.78, 5) is 10.9. The van der Waals surface area contributed by atoms with Gasteiger partial charge in [0, 0.05) is 13.1 Å². The summed E-state index contributed by atoms with van der Waals surface area (Å²) in [7, 11) is -3.86. The number of sulfonamides is 1. The van der Waals surface area contributed by atoms with E-state index in [1.54, 1.807) is 18.2 Å². The van der Waals surface area contributed by atoms with Crippen LogP contribution in [0, 0.1) is 11.3 Å². The molecular weight excluding hydrogens is 432 g/mol. The number of fused-ring (bicyclic) bond motifs is 1. The number of nitriles is 1. The highest BCUT2D eigenvalue weighted by Gasteiger charge is 2.27. The van der Waals surface area contributed by atoms with E-state index in [9.17, 15) is 18.5 Å². The number of aryl methyl sites for hydroxylation is 1. The molecule has 1 aliphatic heterocycles. The molecule has 2 aromatic carbocycles. The highest BCUT2D eigenvalue weighted by molar-refractivity contribution is 7.89. The zero-order valence-electron chi connectivity index (χ0n) is 18.1. The third-order valence-corrected chi connectivity index (χ3v) is 6.72. The minimum absolute atomic E-state index is 0.0289. The van der Waals surface area contributed by atoms with E-state index in [4.69, 9.17) is 14.6 Å². The molecule has 1 N–H and O–H groups in total. The molecule has 0 atom stereocenters. The fourth-order valence-corrected chi connectivity index (χ4v) is 4.79. The highest BCUT2D eigenvalue weighted by atomic mass is 32.2. The quantitative estimate of drug-likeness (QED) is 0.646. The molecule has 0 amide bonds. The van der Waals surface area contributed by atoms with Gasteiger partial charge in [-0.2, -0.15) is 9.57 Å². The van der Waals surface area contributed by atoms with Gasteiger partial charge < -0.3 is 14.6 Å². The van der Waals surface area contributed by atoms with E-state index >= 15 is 0 Å². The van der Waals surface area contributed by atoms with Gasteiger partial charge in [-0.05, 0) is 67.6 Å². The number of hydrogen-bond acceptors (Lipinski definition) is 6. The fraction of sp³-hybridized carbons (Fsp3) is 0.391. The van der Waals surface area contributed by atoms with Crippen LogP contribution in [0.4, 0.5) is 0 Å². The Balaban J connectivity index is 1.70. The Bertz CT molecular complexity index is 1140. The summed E-state index contributed by atoms with van der Waals surface area (Å²) in [5.74, 6) is -1.08. The van der Waals surface area contributed by atoms with Crippen LogP contribution in [0.3, 0.4) is 0 Å². The molecule has 2 aromatic rings. The SMILES string of the molecule is CC(C)Oc1ccc(COc2ccc3c(c2)CCCN(S(=O)(=O)CC(=O)O)C3)cc1C#N. The summed E-state index contributed by atoms with van der Waals surface area (Å²) in [5.41, 5.74) is 3.10. The minimum atomic E-state index is -3.86. The van der Waals surface area contributed by atoms with Crippen LogP contribution < -0.4 is 9.47 Å². The Morgan fingerprint density at radius 3 is 2.69 bits per heavy atom. The number of aliphatic carboxylic acids is 1. The third kappa shape index (κ3) is 5.99. The first-order valence-corrected chi connectivity index (χ1v) is 11.9. The number of carbonyl (C=O) groups is 1. The van der Waals surface area contributed by atoms with Crippen LogP contribution in [0.25, 0.3) is 0 Å². The first-order chi connectivity index (χ1) is 15.2. The zero-order chi connectivity index (χ0) is 23.3. The number of nitrogens with zero attached hydrogens (tertiary/aromatic N) is 2. The second kappa shape index (κ2) is 10.0. The van der Waals surface area contributed by atoms with Gasteiger partial charge in [-0.15, -0.1) is 0 Å². The maximum Gasteiger partial charge on any atom is 0.320 e. The van der Waals surface area contributed by atoms with Crippen LogP contribution in [0.2, 0.25) is 0 Å². The van der Waals surface area contributed by atoms with E-state index in [0.29, 0.717) is 29.9 Å². The second-order valence-corrected chi connectivity index (χ2v) is 9.88. The van der Waals surface area contributed by atoms with Crippen molar-refractivity contribution in [1.29, 1.82) is 5.26 Å². The predicted molar refractivity (Wildman–Crippen MR) is 118 cm³/mol. The Labute approximate surface area is 188 Å². The smallest absolute Gasteiger partial charge is 0.320 e. The lowest BCUT2D eigenvalue weighted by Gasteiger charge is -2.19. The average Bonchev–Trinajstić information content (AvgIpc) is 2.94. The van der Waals surface area contributed by atoms with Crippen LogP contribution in [0.1, 0.15) is 42.5 Å². The standard InChI is InChI=1S/C23H26N2O6S/c1-16(2)31-22-8-5-17(10-20(22)12-24)14-30-21-7-6-19-13-25(9-3-4-18(19)11-21)32(28,29)15-23(26)27/h5-8,10-11,16H,3-4,9,13-15H2,1-2H3,(H,26,27). The molecule has 0 radical (unpaired) electrons. The van der Waals surface area contributed by atoms with Gasteiger partial charge >= 0.3 is 5.97 Å². The minimum Gasteiger partial charge on any atom is -0.490 e. The number of hydrogen-bond donors (Lipinski definition) is 1. The summed E-state index contributed by atoms with van der Waals surface area (Å²) in [5, 5.41) is 18.3. The fourth-order valence-electron chi connectivity index (χ4n) is 3.56. The molecule has 0 bridgehead atoms. The number of carboxylic acids is 1. The molecule has 0 unspecified atom stereocenters. The maximum absolute atomic E-state index is 12.3. The molecule has 9 heteroatoms. The van der Waals surface area contributed by atoms with Gasteiger partial charge in [0.1, 0.15) is 24.2 Å². The molecule has 1 aliphatic rings. The monoisotopic (exact) mass is 458 g/mol. The summed E-state index contributed by atoms with van der Waals surface area (Å²) < 4.78 is 37.4. The van der Waals surface area contributed by atoms with Crippen molar-refractivity contribution in [2.45, 2.75) is 45.9 Å². The molecule has 8 nitrogen and oxygen atoms in total. The van der Waals surface area contributed by atoms with Crippen molar-refractivity contribution in [2.24, 2.45) is 0 Å². The second-order valence-electron chi connectivity index (χ2n) is 7.92. The van der Waals surface area contributed by atoms with E-state index in [2.05, 4.69) is 6.07 Å². The Hall–Kier alpha value is -3.09. The van der Waals surface area contributed by atoms with E-state index < -0.39 is 21.7 Å². The van der Waals surface area contributed by atoms with Gasteiger partial charge in [0.15, 0.2) is 5.75 Å². The molecule has 0 saturated carbocycles. The average molecular weight is 459 g/mol. The topological polar surface area (TPSA) is 117 Å². The summed E-state index contributed by atoms with van der Waals surface area (Å²) in [6.07, 6.45) is 1.24. The van der Waals surface area contributed by atoms with Crippen LogP contribution in [-0.2, 0) is 34.4 Å².